The number of aliphatic hydroxyl groups excluding tert-OH is 1. The van der Waals surface area contributed by atoms with Gasteiger partial charge >= 0.3 is 11.9 Å². The van der Waals surface area contributed by atoms with Crippen molar-refractivity contribution in [1.29, 1.82) is 0 Å². The molecule has 0 radical (unpaired) electrons. The van der Waals surface area contributed by atoms with Gasteiger partial charge in [0.2, 0.25) is 0 Å². The molecule has 0 aliphatic carbocycles. The molecule has 0 bridgehead atoms. The lowest BCUT2D eigenvalue weighted by molar-refractivity contribution is -0.153. The molecule has 0 aliphatic rings. The monoisotopic (exact) mass is 276 g/mol. The lowest BCUT2D eigenvalue weighted by Gasteiger charge is -2.14. The molecule has 0 aromatic carbocycles. The van der Waals surface area contributed by atoms with E-state index >= 15 is 0 Å². The van der Waals surface area contributed by atoms with Crippen molar-refractivity contribution >= 4 is 23.7 Å². The van der Waals surface area contributed by atoms with E-state index in [1.807, 2.05) is 6.26 Å². The Balaban J connectivity index is 3.83. The number of aliphatic hydroxyl groups is 1. The van der Waals surface area contributed by atoms with Crippen LogP contribution in [0.2, 0.25) is 0 Å². The molecule has 0 aromatic heterocycles. The van der Waals surface area contributed by atoms with Gasteiger partial charge in [-0.05, 0) is 13.2 Å². The maximum atomic E-state index is 11.4. The highest BCUT2D eigenvalue weighted by atomic mass is 32.2. The zero-order valence-corrected chi connectivity index (χ0v) is 11.8. The molecule has 0 rings (SSSR count). The van der Waals surface area contributed by atoms with Crippen molar-refractivity contribution in [2.45, 2.75) is 20.0 Å². The van der Waals surface area contributed by atoms with Gasteiger partial charge in [-0.25, -0.2) is 4.79 Å². The second-order valence-electron chi connectivity index (χ2n) is 4.02. The van der Waals surface area contributed by atoms with Crippen LogP contribution in [-0.4, -0.2) is 48.4 Å². The van der Waals surface area contributed by atoms with E-state index in [4.69, 9.17) is 9.47 Å². The number of esters is 2. The first-order valence-electron chi connectivity index (χ1n) is 5.54. The van der Waals surface area contributed by atoms with Crippen LogP contribution in [0.3, 0.4) is 0 Å². The minimum atomic E-state index is -1.02. The largest absolute Gasteiger partial charge is 0.463 e. The van der Waals surface area contributed by atoms with Gasteiger partial charge in [-0.3, -0.25) is 4.79 Å². The molecule has 0 saturated carbocycles. The lowest BCUT2D eigenvalue weighted by Crippen LogP contribution is -2.27. The fourth-order valence-electron chi connectivity index (χ4n) is 0.982. The van der Waals surface area contributed by atoms with Gasteiger partial charge in [0, 0.05) is 11.3 Å². The van der Waals surface area contributed by atoms with Gasteiger partial charge in [-0.2, -0.15) is 11.8 Å². The molecule has 5 nitrogen and oxygen atoms in total. The Morgan fingerprint density at radius 1 is 1.33 bits per heavy atom. The predicted octanol–water partition coefficient (Wildman–Crippen LogP) is 1.01. The fraction of sp³-hybridized carbons (Fsp3) is 0.667. The quantitative estimate of drug-likeness (QED) is 0.527. The summed E-state index contributed by atoms with van der Waals surface area (Å²) >= 11 is 1.55. The van der Waals surface area contributed by atoms with E-state index in [9.17, 15) is 14.7 Å². The highest BCUT2D eigenvalue weighted by molar-refractivity contribution is 7.98. The first-order valence-corrected chi connectivity index (χ1v) is 6.94. The Morgan fingerprint density at radius 2 is 1.89 bits per heavy atom. The zero-order valence-electron chi connectivity index (χ0n) is 11.0. The number of carbonyl (C=O) groups is 2. The third kappa shape index (κ3) is 7.34. The van der Waals surface area contributed by atoms with Gasteiger partial charge in [-0.1, -0.05) is 13.5 Å². The van der Waals surface area contributed by atoms with Crippen molar-refractivity contribution in [3.8, 4) is 0 Å². The molecule has 1 N–H and O–H groups in total. The summed E-state index contributed by atoms with van der Waals surface area (Å²) in [6, 6.07) is 0. The number of carbonyl (C=O) groups excluding carboxylic acids is 2. The molecule has 104 valence electrons. The molecule has 0 aromatic rings. The van der Waals surface area contributed by atoms with E-state index in [2.05, 4.69) is 6.58 Å². The zero-order chi connectivity index (χ0) is 14.1. The standard InChI is InChI=1S/C12H20O5S/c1-8(2)11(14)16-5-10(13)6-17-12(15)9(3)7-18-4/h9-10,13H,1,5-7H2,2-4H3. The van der Waals surface area contributed by atoms with Gasteiger partial charge in [0.15, 0.2) is 0 Å². The van der Waals surface area contributed by atoms with E-state index in [1.165, 1.54) is 6.92 Å². The number of rotatable bonds is 8. The minimum absolute atomic E-state index is 0.180. The highest BCUT2D eigenvalue weighted by Crippen LogP contribution is 2.06. The van der Waals surface area contributed by atoms with Gasteiger partial charge in [0.1, 0.15) is 19.3 Å². The highest BCUT2D eigenvalue weighted by Gasteiger charge is 2.16. The predicted molar refractivity (Wildman–Crippen MR) is 70.3 cm³/mol. The second-order valence-corrected chi connectivity index (χ2v) is 4.93. The smallest absolute Gasteiger partial charge is 0.333 e. The Kier molecular flexibility index (Phi) is 8.49. The molecule has 2 atom stereocenters. The normalized spacial score (nSPS) is 13.6. The lowest BCUT2D eigenvalue weighted by atomic mass is 10.2. The average Bonchev–Trinajstić information content (AvgIpc) is 2.32. The Morgan fingerprint density at radius 3 is 2.39 bits per heavy atom. The van der Waals surface area contributed by atoms with Crippen molar-refractivity contribution in [2.24, 2.45) is 5.92 Å². The molecule has 0 fully saturated rings. The van der Waals surface area contributed by atoms with Crippen molar-refractivity contribution in [1.82, 2.24) is 0 Å². The van der Waals surface area contributed by atoms with Crippen LogP contribution >= 0.6 is 11.8 Å². The van der Waals surface area contributed by atoms with Crippen LogP contribution < -0.4 is 0 Å². The third-order valence-corrected chi connectivity index (χ3v) is 2.83. The van der Waals surface area contributed by atoms with Crippen molar-refractivity contribution in [3.05, 3.63) is 12.2 Å². The van der Waals surface area contributed by atoms with Gasteiger partial charge in [0.25, 0.3) is 0 Å². The van der Waals surface area contributed by atoms with Gasteiger partial charge in [0.05, 0.1) is 5.92 Å². The number of ether oxygens (including phenoxy) is 2. The van der Waals surface area contributed by atoms with Crippen LogP contribution in [-0.2, 0) is 19.1 Å². The molecule has 18 heavy (non-hydrogen) atoms. The number of hydrogen-bond donors (Lipinski definition) is 1. The fourth-order valence-corrected chi connectivity index (χ4v) is 1.62. The van der Waals surface area contributed by atoms with Crippen molar-refractivity contribution in [3.63, 3.8) is 0 Å². The molecule has 0 heterocycles. The van der Waals surface area contributed by atoms with Crippen LogP contribution in [0.1, 0.15) is 13.8 Å². The van der Waals surface area contributed by atoms with Crippen LogP contribution in [0.5, 0.6) is 0 Å². The summed E-state index contributed by atoms with van der Waals surface area (Å²) in [5.41, 5.74) is 0.257. The molecule has 0 spiro atoms. The third-order valence-electron chi connectivity index (χ3n) is 1.99. The van der Waals surface area contributed by atoms with E-state index in [1.54, 1.807) is 18.7 Å². The van der Waals surface area contributed by atoms with Crippen molar-refractivity contribution in [2.75, 3.05) is 25.2 Å². The molecule has 0 saturated heterocycles. The molecule has 0 aliphatic heterocycles. The molecule has 0 amide bonds. The number of thioether (sulfide) groups is 1. The maximum Gasteiger partial charge on any atom is 0.333 e. The second kappa shape index (κ2) is 8.99. The SMILES string of the molecule is C=C(C)C(=O)OCC(O)COC(=O)C(C)CSC. The Labute approximate surface area is 112 Å². The van der Waals surface area contributed by atoms with Gasteiger partial charge < -0.3 is 14.6 Å². The topological polar surface area (TPSA) is 72.8 Å². The summed E-state index contributed by atoms with van der Waals surface area (Å²) < 4.78 is 9.62. The summed E-state index contributed by atoms with van der Waals surface area (Å²) in [5, 5.41) is 9.45. The summed E-state index contributed by atoms with van der Waals surface area (Å²) in [5.74, 6) is -0.490. The summed E-state index contributed by atoms with van der Waals surface area (Å²) in [6.45, 7) is 6.28. The van der Waals surface area contributed by atoms with E-state index < -0.39 is 12.1 Å². The van der Waals surface area contributed by atoms with E-state index in [-0.39, 0.29) is 30.7 Å². The molecular formula is C12H20O5S. The van der Waals surface area contributed by atoms with Crippen LogP contribution in [0, 0.1) is 5.92 Å². The van der Waals surface area contributed by atoms with Crippen LogP contribution in [0.4, 0.5) is 0 Å². The van der Waals surface area contributed by atoms with E-state index in [0.29, 0.717) is 5.75 Å². The molecular weight excluding hydrogens is 256 g/mol. The summed E-state index contributed by atoms with van der Waals surface area (Å²) in [4.78, 5) is 22.5. The van der Waals surface area contributed by atoms with Crippen molar-refractivity contribution < 1.29 is 24.2 Å². The minimum Gasteiger partial charge on any atom is -0.463 e. The first-order chi connectivity index (χ1) is 8.38. The van der Waals surface area contributed by atoms with E-state index in [0.717, 1.165) is 0 Å². The number of hydrogen-bond acceptors (Lipinski definition) is 6. The first kappa shape index (κ1) is 17.0. The molecule has 2 unspecified atom stereocenters. The summed E-state index contributed by atoms with van der Waals surface area (Å²) in [6.07, 6.45) is 0.883. The Hall–Kier alpha value is -1.01. The molecule has 6 heteroatoms. The summed E-state index contributed by atoms with van der Waals surface area (Å²) in [7, 11) is 0. The van der Waals surface area contributed by atoms with Crippen LogP contribution in [0.25, 0.3) is 0 Å². The average molecular weight is 276 g/mol. The van der Waals surface area contributed by atoms with Gasteiger partial charge in [-0.15, -0.1) is 0 Å². The Bertz CT molecular complexity index is 303. The maximum absolute atomic E-state index is 11.4. The van der Waals surface area contributed by atoms with Crippen LogP contribution in [0.15, 0.2) is 12.2 Å².